The zero-order chi connectivity index (χ0) is 10.6. The summed E-state index contributed by atoms with van der Waals surface area (Å²) in [5, 5.41) is 8.73. The Morgan fingerprint density at radius 1 is 1.71 bits per heavy atom. The van der Waals surface area contributed by atoms with Crippen LogP contribution in [-0.4, -0.2) is 33.0 Å². The third-order valence-corrected chi connectivity index (χ3v) is 2.65. The molecular weight excluding hydrogens is 226 g/mol. The van der Waals surface area contributed by atoms with Crippen LogP contribution < -0.4 is 10.9 Å². The summed E-state index contributed by atoms with van der Waals surface area (Å²) >= 11 is 5.69. The van der Waals surface area contributed by atoms with Gasteiger partial charge in [0.1, 0.15) is 5.02 Å². The standard InChI is InChI=1S/C7H10ClN3O2S/c1-14(13)3-2-9-5-4-10-11-7(12)6(5)8/h4H,2-3H2,1H3,(H2,9,11,12). The predicted molar refractivity (Wildman–Crippen MR) is 57.3 cm³/mol. The van der Waals surface area contributed by atoms with Crippen molar-refractivity contribution >= 4 is 28.1 Å². The van der Waals surface area contributed by atoms with Crippen molar-refractivity contribution in [1.29, 1.82) is 0 Å². The molecule has 5 nitrogen and oxygen atoms in total. The number of aromatic nitrogens is 2. The molecule has 0 fully saturated rings. The number of nitrogens with one attached hydrogen (secondary N) is 2. The molecule has 0 saturated heterocycles. The fourth-order valence-electron chi connectivity index (χ4n) is 0.836. The van der Waals surface area contributed by atoms with Crippen molar-refractivity contribution in [2.45, 2.75) is 0 Å². The van der Waals surface area contributed by atoms with Gasteiger partial charge in [-0.15, -0.1) is 0 Å². The lowest BCUT2D eigenvalue weighted by molar-refractivity contribution is 0.687. The Labute approximate surface area is 88.3 Å². The molecule has 1 aromatic heterocycles. The SMILES string of the molecule is CS(=O)CCNc1cn[nH]c(=O)c1Cl. The fraction of sp³-hybridized carbons (Fsp3) is 0.429. The number of nitrogens with zero attached hydrogens (tertiary/aromatic N) is 1. The smallest absolute Gasteiger partial charge is 0.285 e. The van der Waals surface area contributed by atoms with Gasteiger partial charge in [-0.25, -0.2) is 5.10 Å². The fourth-order valence-corrected chi connectivity index (χ4v) is 1.38. The van der Waals surface area contributed by atoms with Gasteiger partial charge in [-0.1, -0.05) is 11.6 Å². The lowest BCUT2D eigenvalue weighted by Gasteiger charge is -2.04. The summed E-state index contributed by atoms with van der Waals surface area (Å²) in [5.74, 6) is 0.503. The van der Waals surface area contributed by atoms with Crippen LogP contribution in [0.25, 0.3) is 0 Å². The van der Waals surface area contributed by atoms with Gasteiger partial charge in [-0.05, 0) is 0 Å². The molecule has 1 unspecified atom stereocenters. The van der Waals surface area contributed by atoms with E-state index in [9.17, 15) is 9.00 Å². The molecular formula is C7H10ClN3O2S. The van der Waals surface area contributed by atoms with Crippen LogP contribution in [-0.2, 0) is 10.8 Å². The molecule has 0 aliphatic heterocycles. The number of rotatable bonds is 4. The Morgan fingerprint density at radius 3 is 3.07 bits per heavy atom. The second-order valence-electron chi connectivity index (χ2n) is 2.63. The van der Waals surface area contributed by atoms with E-state index >= 15 is 0 Å². The van der Waals surface area contributed by atoms with Crippen LogP contribution in [0.4, 0.5) is 5.69 Å². The number of halogens is 1. The van der Waals surface area contributed by atoms with Gasteiger partial charge in [0.25, 0.3) is 5.56 Å². The van der Waals surface area contributed by atoms with Crippen LogP contribution in [0.2, 0.25) is 5.02 Å². The molecule has 0 bridgehead atoms. The zero-order valence-corrected chi connectivity index (χ0v) is 9.11. The summed E-state index contributed by atoms with van der Waals surface area (Å²) in [4.78, 5) is 11.0. The molecule has 14 heavy (non-hydrogen) atoms. The van der Waals surface area contributed by atoms with Crippen molar-refractivity contribution in [3.05, 3.63) is 21.6 Å². The first kappa shape index (κ1) is 11.2. The van der Waals surface area contributed by atoms with E-state index in [2.05, 4.69) is 15.5 Å². The molecule has 1 heterocycles. The Kier molecular flexibility index (Phi) is 4.09. The third kappa shape index (κ3) is 3.12. The van der Waals surface area contributed by atoms with Crippen LogP contribution in [0.5, 0.6) is 0 Å². The van der Waals surface area contributed by atoms with Gasteiger partial charge in [0.15, 0.2) is 0 Å². The van der Waals surface area contributed by atoms with E-state index in [-0.39, 0.29) is 5.02 Å². The first-order chi connectivity index (χ1) is 6.61. The first-order valence-electron chi connectivity index (χ1n) is 3.88. The molecule has 78 valence electrons. The molecule has 0 aromatic carbocycles. The van der Waals surface area contributed by atoms with Crippen molar-refractivity contribution in [3.8, 4) is 0 Å². The molecule has 7 heteroatoms. The summed E-state index contributed by atoms with van der Waals surface area (Å²) in [5.41, 5.74) is 0.0233. The second kappa shape index (κ2) is 5.11. The first-order valence-corrected chi connectivity index (χ1v) is 5.99. The molecule has 2 N–H and O–H groups in total. The van der Waals surface area contributed by atoms with Crippen LogP contribution in [0, 0.1) is 0 Å². The van der Waals surface area contributed by atoms with Crippen LogP contribution in [0.1, 0.15) is 0 Å². The van der Waals surface area contributed by atoms with Crippen molar-refractivity contribution < 1.29 is 4.21 Å². The quantitative estimate of drug-likeness (QED) is 0.783. The normalized spacial score (nSPS) is 12.4. The lowest BCUT2D eigenvalue weighted by Crippen LogP contribution is -2.15. The van der Waals surface area contributed by atoms with Crippen LogP contribution >= 0.6 is 11.6 Å². The van der Waals surface area contributed by atoms with Crippen molar-refractivity contribution in [2.75, 3.05) is 23.9 Å². The topological polar surface area (TPSA) is 74.8 Å². The number of anilines is 1. The van der Waals surface area contributed by atoms with Crippen LogP contribution in [0.3, 0.4) is 0 Å². The van der Waals surface area contributed by atoms with E-state index in [1.807, 2.05) is 0 Å². The minimum absolute atomic E-state index is 0.0712. The highest BCUT2D eigenvalue weighted by Crippen LogP contribution is 2.13. The summed E-state index contributed by atoms with van der Waals surface area (Å²) in [6.45, 7) is 0.494. The molecule has 0 spiro atoms. The van der Waals surface area contributed by atoms with E-state index in [1.165, 1.54) is 6.20 Å². The summed E-state index contributed by atoms with van der Waals surface area (Å²) in [7, 11) is -0.863. The molecule has 0 radical (unpaired) electrons. The lowest BCUT2D eigenvalue weighted by atomic mass is 10.4. The van der Waals surface area contributed by atoms with Gasteiger partial charge in [0.05, 0.1) is 11.9 Å². The Morgan fingerprint density at radius 2 is 2.43 bits per heavy atom. The number of hydrogen-bond acceptors (Lipinski definition) is 4. The Hall–Kier alpha value is -0.880. The van der Waals surface area contributed by atoms with Gasteiger partial charge < -0.3 is 5.32 Å². The van der Waals surface area contributed by atoms with Gasteiger partial charge in [-0.2, -0.15) is 5.10 Å². The van der Waals surface area contributed by atoms with Crippen LogP contribution in [0.15, 0.2) is 11.0 Å². The van der Waals surface area contributed by atoms with Crippen molar-refractivity contribution in [1.82, 2.24) is 10.2 Å². The highest BCUT2D eigenvalue weighted by atomic mass is 35.5. The molecule has 0 aliphatic carbocycles. The number of H-pyrrole nitrogens is 1. The molecule has 1 atom stereocenters. The molecule has 1 rings (SSSR count). The zero-order valence-electron chi connectivity index (χ0n) is 7.54. The number of hydrogen-bond donors (Lipinski definition) is 2. The average Bonchev–Trinajstić information content (AvgIpc) is 2.12. The highest BCUT2D eigenvalue weighted by molar-refractivity contribution is 7.84. The average molecular weight is 236 g/mol. The van der Waals surface area contributed by atoms with Gasteiger partial charge in [0, 0.05) is 29.4 Å². The minimum Gasteiger partial charge on any atom is -0.381 e. The monoisotopic (exact) mass is 235 g/mol. The maximum absolute atomic E-state index is 11.0. The summed E-state index contributed by atoms with van der Waals surface area (Å²) < 4.78 is 10.7. The van der Waals surface area contributed by atoms with E-state index in [0.717, 1.165) is 0 Å². The van der Waals surface area contributed by atoms with Gasteiger partial charge in [-0.3, -0.25) is 9.00 Å². The van der Waals surface area contributed by atoms with E-state index in [4.69, 9.17) is 11.6 Å². The van der Waals surface area contributed by atoms with Gasteiger partial charge >= 0.3 is 0 Å². The molecule has 0 saturated carbocycles. The third-order valence-electron chi connectivity index (χ3n) is 1.50. The predicted octanol–water partition coefficient (Wildman–Crippen LogP) is 0.214. The van der Waals surface area contributed by atoms with Gasteiger partial charge in [0.2, 0.25) is 0 Å². The minimum atomic E-state index is -0.863. The maximum atomic E-state index is 11.0. The van der Waals surface area contributed by atoms with E-state index < -0.39 is 16.4 Å². The molecule has 0 aliphatic rings. The van der Waals surface area contributed by atoms with Crippen molar-refractivity contribution in [2.24, 2.45) is 0 Å². The largest absolute Gasteiger partial charge is 0.381 e. The molecule has 0 amide bonds. The number of aromatic amines is 1. The van der Waals surface area contributed by atoms with E-state index in [0.29, 0.717) is 18.0 Å². The summed E-state index contributed by atoms with van der Waals surface area (Å²) in [6.07, 6.45) is 3.03. The van der Waals surface area contributed by atoms with Crippen molar-refractivity contribution in [3.63, 3.8) is 0 Å². The Bertz CT molecular complexity index is 393. The maximum Gasteiger partial charge on any atom is 0.285 e. The Balaban J connectivity index is 2.63. The van der Waals surface area contributed by atoms with E-state index in [1.54, 1.807) is 6.26 Å². The molecule has 1 aromatic rings. The second-order valence-corrected chi connectivity index (χ2v) is 4.56. The highest BCUT2D eigenvalue weighted by Gasteiger charge is 2.03. The summed E-state index contributed by atoms with van der Waals surface area (Å²) in [6, 6.07) is 0.